The van der Waals surface area contributed by atoms with E-state index in [1.54, 1.807) is 0 Å². The van der Waals surface area contributed by atoms with E-state index in [-0.39, 0.29) is 5.54 Å². The molecule has 0 aromatic carbocycles. The second kappa shape index (κ2) is 5.22. The zero-order valence-electron chi connectivity index (χ0n) is 11.7. The van der Waals surface area contributed by atoms with Crippen molar-refractivity contribution in [3.05, 3.63) is 0 Å². The molecule has 2 unspecified atom stereocenters. The highest BCUT2D eigenvalue weighted by Crippen LogP contribution is 2.29. The van der Waals surface area contributed by atoms with Crippen LogP contribution in [0, 0.1) is 0 Å². The van der Waals surface area contributed by atoms with Crippen LogP contribution in [0.4, 0.5) is 0 Å². The quantitative estimate of drug-likeness (QED) is 0.756. The van der Waals surface area contributed by atoms with Crippen molar-refractivity contribution in [3.8, 4) is 0 Å². The number of likely N-dealkylation sites (N-methyl/N-ethyl adjacent to an activating group) is 2. The Labute approximate surface area is 106 Å². The van der Waals surface area contributed by atoms with E-state index in [9.17, 15) is 0 Å². The molecule has 2 fully saturated rings. The Kier molecular flexibility index (Phi) is 4.08. The van der Waals surface area contributed by atoms with Gasteiger partial charge in [0.1, 0.15) is 0 Å². The van der Waals surface area contributed by atoms with Crippen LogP contribution in [-0.2, 0) is 0 Å². The van der Waals surface area contributed by atoms with E-state index in [0.29, 0.717) is 6.04 Å². The van der Waals surface area contributed by atoms with Gasteiger partial charge in [0, 0.05) is 31.2 Å². The second-order valence-corrected chi connectivity index (χ2v) is 6.12. The molecule has 2 aliphatic heterocycles. The van der Waals surface area contributed by atoms with Crippen LogP contribution < -0.4 is 5.73 Å². The first-order chi connectivity index (χ1) is 8.07. The number of piperidine rings is 1. The Hall–Kier alpha value is -0.160. The average molecular weight is 240 g/mol. The van der Waals surface area contributed by atoms with Crippen molar-refractivity contribution < 1.29 is 0 Å². The fourth-order valence-corrected chi connectivity index (χ4v) is 3.42. The van der Waals surface area contributed by atoms with Gasteiger partial charge < -0.3 is 15.5 Å². The highest BCUT2D eigenvalue weighted by atomic mass is 15.3. The smallest absolute Gasteiger partial charge is 0.0471 e. The van der Waals surface area contributed by atoms with Gasteiger partial charge in [0.15, 0.2) is 0 Å². The van der Waals surface area contributed by atoms with Crippen LogP contribution in [0.5, 0.6) is 0 Å². The Morgan fingerprint density at radius 1 is 1.35 bits per heavy atom. The topological polar surface area (TPSA) is 35.7 Å². The van der Waals surface area contributed by atoms with Crippen LogP contribution in [0.15, 0.2) is 0 Å². The molecule has 0 aromatic heterocycles. The summed E-state index contributed by atoms with van der Waals surface area (Å²) in [6.45, 7) is 5.56. The summed E-state index contributed by atoms with van der Waals surface area (Å²) >= 11 is 0. The molecule has 2 aliphatic rings. The van der Waals surface area contributed by atoms with Crippen molar-refractivity contribution in [1.29, 1.82) is 0 Å². The minimum Gasteiger partial charge on any atom is -0.329 e. The van der Waals surface area contributed by atoms with Crippen molar-refractivity contribution in [2.75, 3.05) is 53.9 Å². The molecule has 2 rings (SSSR count). The lowest BCUT2D eigenvalue weighted by Crippen LogP contribution is -2.60. The summed E-state index contributed by atoms with van der Waals surface area (Å²) in [5, 5.41) is 0. The van der Waals surface area contributed by atoms with E-state index in [0.717, 1.165) is 13.1 Å². The van der Waals surface area contributed by atoms with Gasteiger partial charge in [-0.15, -0.1) is 0 Å². The van der Waals surface area contributed by atoms with Gasteiger partial charge in [0.25, 0.3) is 0 Å². The van der Waals surface area contributed by atoms with Crippen molar-refractivity contribution in [2.24, 2.45) is 5.73 Å². The lowest BCUT2D eigenvalue weighted by molar-refractivity contribution is 0.0410. The van der Waals surface area contributed by atoms with Crippen LogP contribution >= 0.6 is 0 Å². The third-order valence-electron chi connectivity index (χ3n) is 4.70. The second-order valence-electron chi connectivity index (χ2n) is 6.12. The highest BCUT2D eigenvalue weighted by Gasteiger charge is 2.42. The number of likely N-dealkylation sites (tertiary alicyclic amines) is 2. The zero-order chi connectivity index (χ0) is 12.5. The molecule has 100 valence electrons. The maximum atomic E-state index is 6.10. The largest absolute Gasteiger partial charge is 0.329 e. The third kappa shape index (κ3) is 2.65. The zero-order valence-corrected chi connectivity index (χ0v) is 11.7. The van der Waals surface area contributed by atoms with Crippen LogP contribution in [0.3, 0.4) is 0 Å². The molecule has 2 atom stereocenters. The minimum atomic E-state index is 0.253. The lowest BCUT2D eigenvalue weighted by Gasteiger charge is -2.46. The summed E-state index contributed by atoms with van der Waals surface area (Å²) in [7, 11) is 6.61. The number of hydrogen-bond acceptors (Lipinski definition) is 4. The molecule has 0 aromatic rings. The highest BCUT2D eigenvalue weighted by molar-refractivity contribution is 5.01. The van der Waals surface area contributed by atoms with Crippen LogP contribution in [-0.4, -0.2) is 80.1 Å². The van der Waals surface area contributed by atoms with E-state index in [4.69, 9.17) is 5.73 Å². The molecule has 0 amide bonds. The molecule has 0 spiro atoms. The molecule has 0 radical (unpaired) electrons. The molecule has 17 heavy (non-hydrogen) atoms. The fraction of sp³-hybridized carbons (Fsp3) is 1.00. The number of nitrogens with two attached hydrogens (primary N) is 1. The van der Waals surface area contributed by atoms with Gasteiger partial charge >= 0.3 is 0 Å². The first kappa shape index (κ1) is 13.3. The molecule has 2 saturated heterocycles. The van der Waals surface area contributed by atoms with Crippen molar-refractivity contribution in [2.45, 2.75) is 30.8 Å². The molecule has 4 heteroatoms. The molecule has 2 heterocycles. The van der Waals surface area contributed by atoms with E-state index in [1.165, 1.54) is 38.9 Å². The molecule has 0 saturated carbocycles. The number of hydrogen-bond donors (Lipinski definition) is 1. The standard InChI is InChI=1S/C13H28N4/c1-15(2)12-5-4-7-17(9-12)13(10-14)6-8-16(3)11-13/h12H,4-11,14H2,1-3H3. The summed E-state index contributed by atoms with van der Waals surface area (Å²) in [4.78, 5) is 7.46. The van der Waals surface area contributed by atoms with Crippen molar-refractivity contribution in [3.63, 3.8) is 0 Å². The molecule has 0 bridgehead atoms. The normalized spacial score (nSPS) is 36.9. The van der Waals surface area contributed by atoms with Gasteiger partial charge in [-0.3, -0.25) is 4.90 Å². The summed E-state index contributed by atoms with van der Waals surface area (Å²) in [6, 6.07) is 0.707. The summed E-state index contributed by atoms with van der Waals surface area (Å²) < 4.78 is 0. The van der Waals surface area contributed by atoms with E-state index < -0.39 is 0 Å². The van der Waals surface area contributed by atoms with Gasteiger partial charge in [-0.25, -0.2) is 0 Å². The van der Waals surface area contributed by atoms with E-state index in [1.807, 2.05) is 0 Å². The number of rotatable bonds is 3. The van der Waals surface area contributed by atoms with Gasteiger partial charge in [-0.05, 0) is 53.5 Å². The van der Waals surface area contributed by atoms with Gasteiger partial charge in [0.2, 0.25) is 0 Å². The Morgan fingerprint density at radius 3 is 2.65 bits per heavy atom. The predicted octanol–water partition coefficient (Wildman–Crippen LogP) is 0.0454. The summed E-state index contributed by atoms with van der Waals surface area (Å²) in [6.07, 6.45) is 3.88. The van der Waals surface area contributed by atoms with Crippen LogP contribution in [0.1, 0.15) is 19.3 Å². The third-order valence-corrected chi connectivity index (χ3v) is 4.70. The molecular formula is C13H28N4. The molecular weight excluding hydrogens is 212 g/mol. The Morgan fingerprint density at radius 2 is 2.12 bits per heavy atom. The lowest BCUT2D eigenvalue weighted by atomic mass is 9.91. The molecule has 0 aliphatic carbocycles. The van der Waals surface area contributed by atoms with Crippen molar-refractivity contribution in [1.82, 2.24) is 14.7 Å². The SMILES string of the molecule is CN1CCC(CN)(N2CCCC(N(C)C)C2)C1. The minimum absolute atomic E-state index is 0.253. The molecule has 4 nitrogen and oxygen atoms in total. The van der Waals surface area contributed by atoms with Crippen LogP contribution in [0.25, 0.3) is 0 Å². The van der Waals surface area contributed by atoms with Crippen molar-refractivity contribution >= 4 is 0 Å². The Balaban J connectivity index is 2.04. The molecule has 2 N–H and O–H groups in total. The first-order valence-corrected chi connectivity index (χ1v) is 6.87. The predicted molar refractivity (Wildman–Crippen MR) is 72.2 cm³/mol. The first-order valence-electron chi connectivity index (χ1n) is 6.87. The van der Waals surface area contributed by atoms with E-state index >= 15 is 0 Å². The van der Waals surface area contributed by atoms with Gasteiger partial charge in [0.05, 0.1) is 0 Å². The Bertz CT molecular complexity index is 256. The maximum Gasteiger partial charge on any atom is 0.0471 e. The average Bonchev–Trinajstić information content (AvgIpc) is 2.72. The number of nitrogens with zero attached hydrogens (tertiary/aromatic N) is 3. The van der Waals surface area contributed by atoms with E-state index in [2.05, 4.69) is 35.8 Å². The van der Waals surface area contributed by atoms with Crippen LogP contribution in [0.2, 0.25) is 0 Å². The summed E-state index contributed by atoms with van der Waals surface area (Å²) in [5.74, 6) is 0. The summed E-state index contributed by atoms with van der Waals surface area (Å²) in [5.41, 5.74) is 6.35. The van der Waals surface area contributed by atoms with Gasteiger partial charge in [-0.2, -0.15) is 0 Å². The van der Waals surface area contributed by atoms with Gasteiger partial charge in [-0.1, -0.05) is 0 Å². The monoisotopic (exact) mass is 240 g/mol. The fourth-order valence-electron chi connectivity index (χ4n) is 3.42. The maximum absolute atomic E-state index is 6.10.